The lowest BCUT2D eigenvalue weighted by atomic mass is 10.1. The first-order valence-electron chi connectivity index (χ1n) is 8.29. The van der Waals surface area contributed by atoms with Crippen LogP contribution in [0.3, 0.4) is 0 Å². The summed E-state index contributed by atoms with van der Waals surface area (Å²) in [4.78, 5) is 4.72. The highest BCUT2D eigenvalue weighted by Gasteiger charge is 2.25. The molecule has 0 radical (unpaired) electrons. The molecule has 6 heteroatoms. The van der Waals surface area contributed by atoms with E-state index in [0.29, 0.717) is 12.6 Å². The molecule has 0 amide bonds. The molecule has 124 valence electrons. The summed E-state index contributed by atoms with van der Waals surface area (Å²) in [6.07, 6.45) is 2.17. The van der Waals surface area contributed by atoms with E-state index in [4.69, 9.17) is 19.2 Å². The molecule has 2 aliphatic heterocycles. The van der Waals surface area contributed by atoms with Crippen molar-refractivity contribution in [3.8, 4) is 5.75 Å². The summed E-state index contributed by atoms with van der Waals surface area (Å²) < 4.78 is 18.8. The van der Waals surface area contributed by atoms with Gasteiger partial charge in [0.15, 0.2) is 0 Å². The number of rotatable bonds is 4. The molecular weight excluding hydrogens is 294 g/mol. The molecule has 2 aromatic rings. The second kappa shape index (κ2) is 6.47. The summed E-state index contributed by atoms with van der Waals surface area (Å²) in [6, 6.07) is 6.90. The number of benzene rings is 1. The Hall–Kier alpha value is -1.63. The SMILES string of the molecule is COc1ccc2c(c1)nc1n2[C@@H](CNC2CCOCC2)COC1. The fraction of sp³-hybridized carbons (Fsp3) is 0.588. The highest BCUT2D eigenvalue weighted by molar-refractivity contribution is 5.78. The molecule has 4 rings (SSSR count). The maximum absolute atomic E-state index is 5.76. The number of hydrogen-bond acceptors (Lipinski definition) is 5. The first-order valence-corrected chi connectivity index (χ1v) is 8.29. The van der Waals surface area contributed by atoms with Crippen LogP contribution in [-0.4, -0.2) is 49.1 Å². The molecule has 1 aromatic heterocycles. The van der Waals surface area contributed by atoms with Crippen molar-refractivity contribution in [2.24, 2.45) is 0 Å². The van der Waals surface area contributed by atoms with Crippen LogP contribution in [0.1, 0.15) is 24.7 Å². The van der Waals surface area contributed by atoms with Crippen LogP contribution in [0.2, 0.25) is 0 Å². The van der Waals surface area contributed by atoms with Gasteiger partial charge in [-0.15, -0.1) is 0 Å². The predicted octanol–water partition coefficient (Wildman–Crippen LogP) is 1.88. The highest BCUT2D eigenvalue weighted by Crippen LogP contribution is 2.28. The molecular formula is C17H23N3O3. The lowest BCUT2D eigenvalue weighted by Crippen LogP contribution is -2.40. The highest BCUT2D eigenvalue weighted by atomic mass is 16.5. The Morgan fingerprint density at radius 2 is 2.17 bits per heavy atom. The number of nitrogens with one attached hydrogen (secondary N) is 1. The molecule has 0 saturated carbocycles. The fourth-order valence-corrected chi connectivity index (χ4v) is 3.48. The van der Waals surface area contributed by atoms with Crippen LogP contribution in [0.5, 0.6) is 5.75 Å². The number of imidazole rings is 1. The van der Waals surface area contributed by atoms with Crippen molar-refractivity contribution in [3.63, 3.8) is 0 Å². The largest absolute Gasteiger partial charge is 0.497 e. The van der Waals surface area contributed by atoms with Crippen LogP contribution in [0.25, 0.3) is 11.0 Å². The number of ether oxygens (including phenoxy) is 3. The Morgan fingerprint density at radius 1 is 1.30 bits per heavy atom. The Bertz CT molecular complexity index is 679. The van der Waals surface area contributed by atoms with Crippen molar-refractivity contribution in [2.45, 2.75) is 31.5 Å². The van der Waals surface area contributed by atoms with Gasteiger partial charge < -0.3 is 24.1 Å². The summed E-state index contributed by atoms with van der Waals surface area (Å²) >= 11 is 0. The molecule has 0 spiro atoms. The van der Waals surface area contributed by atoms with Gasteiger partial charge in [0.2, 0.25) is 0 Å². The molecule has 2 aliphatic rings. The monoisotopic (exact) mass is 317 g/mol. The zero-order chi connectivity index (χ0) is 15.6. The first-order chi connectivity index (χ1) is 11.3. The van der Waals surface area contributed by atoms with Gasteiger partial charge in [-0.1, -0.05) is 0 Å². The van der Waals surface area contributed by atoms with Gasteiger partial charge in [0.25, 0.3) is 0 Å². The van der Waals surface area contributed by atoms with Crippen LogP contribution in [0.4, 0.5) is 0 Å². The second-order valence-corrected chi connectivity index (χ2v) is 6.22. The summed E-state index contributed by atoms with van der Waals surface area (Å²) in [5, 5.41) is 3.68. The second-order valence-electron chi connectivity index (χ2n) is 6.22. The van der Waals surface area contributed by atoms with Crippen molar-refractivity contribution in [2.75, 3.05) is 33.5 Å². The van der Waals surface area contributed by atoms with E-state index < -0.39 is 0 Å². The van der Waals surface area contributed by atoms with Gasteiger partial charge in [0.1, 0.15) is 18.2 Å². The lowest BCUT2D eigenvalue weighted by Gasteiger charge is -2.30. The average molecular weight is 317 g/mol. The average Bonchev–Trinajstić information content (AvgIpc) is 2.98. The molecule has 1 atom stereocenters. The molecule has 0 bridgehead atoms. The van der Waals surface area contributed by atoms with Gasteiger partial charge >= 0.3 is 0 Å². The minimum absolute atomic E-state index is 0.278. The molecule has 1 N–H and O–H groups in total. The smallest absolute Gasteiger partial charge is 0.136 e. The van der Waals surface area contributed by atoms with Gasteiger partial charge in [-0.3, -0.25) is 0 Å². The first kappa shape index (κ1) is 14.9. The number of aromatic nitrogens is 2. The van der Waals surface area contributed by atoms with Crippen molar-refractivity contribution in [3.05, 3.63) is 24.0 Å². The zero-order valence-electron chi connectivity index (χ0n) is 13.5. The quantitative estimate of drug-likeness (QED) is 0.933. The van der Waals surface area contributed by atoms with E-state index in [0.717, 1.165) is 61.8 Å². The summed E-state index contributed by atoms with van der Waals surface area (Å²) in [7, 11) is 1.68. The molecule has 1 saturated heterocycles. The Balaban J connectivity index is 1.56. The van der Waals surface area contributed by atoms with Gasteiger partial charge in [0, 0.05) is 31.9 Å². The third-order valence-corrected chi connectivity index (χ3v) is 4.74. The van der Waals surface area contributed by atoms with Crippen LogP contribution < -0.4 is 10.1 Å². The van der Waals surface area contributed by atoms with Crippen LogP contribution in [0.15, 0.2) is 18.2 Å². The normalized spacial score (nSPS) is 22.2. The number of nitrogens with zero attached hydrogens (tertiary/aromatic N) is 2. The van der Waals surface area contributed by atoms with Gasteiger partial charge in [0.05, 0.1) is 30.8 Å². The summed E-state index contributed by atoms with van der Waals surface area (Å²) in [5.41, 5.74) is 2.13. The minimum atomic E-state index is 0.278. The molecule has 3 heterocycles. The van der Waals surface area contributed by atoms with E-state index >= 15 is 0 Å². The third kappa shape index (κ3) is 2.94. The Morgan fingerprint density at radius 3 is 3.00 bits per heavy atom. The Kier molecular flexibility index (Phi) is 4.20. The Labute approximate surface area is 135 Å². The maximum atomic E-state index is 5.76. The van der Waals surface area contributed by atoms with Crippen LogP contribution in [0, 0.1) is 0 Å². The van der Waals surface area contributed by atoms with Crippen molar-refractivity contribution >= 4 is 11.0 Å². The fourth-order valence-electron chi connectivity index (χ4n) is 3.48. The van der Waals surface area contributed by atoms with E-state index in [1.807, 2.05) is 12.1 Å². The van der Waals surface area contributed by atoms with Gasteiger partial charge in [-0.2, -0.15) is 0 Å². The lowest BCUT2D eigenvalue weighted by molar-refractivity contribution is 0.0491. The van der Waals surface area contributed by atoms with E-state index in [-0.39, 0.29) is 6.04 Å². The third-order valence-electron chi connectivity index (χ3n) is 4.74. The molecule has 6 nitrogen and oxygen atoms in total. The molecule has 23 heavy (non-hydrogen) atoms. The van der Waals surface area contributed by atoms with Crippen molar-refractivity contribution < 1.29 is 14.2 Å². The molecule has 0 unspecified atom stereocenters. The van der Waals surface area contributed by atoms with E-state index in [9.17, 15) is 0 Å². The predicted molar refractivity (Wildman–Crippen MR) is 86.8 cm³/mol. The minimum Gasteiger partial charge on any atom is -0.497 e. The summed E-state index contributed by atoms with van der Waals surface area (Å²) in [6.45, 7) is 3.91. The van der Waals surface area contributed by atoms with Gasteiger partial charge in [-0.25, -0.2) is 4.98 Å². The molecule has 0 aliphatic carbocycles. The number of hydrogen-bond donors (Lipinski definition) is 1. The van der Waals surface area contributed by atoms with E-state index in [2.05, 4.69) is 16.0 Å². The zero-order valence-corrected chi connectivity index (χ0v) is 13.5. The van der Waals surface area contributed by atoms with Crippen molar-refractivity contribution in [1.29, 1.82) is 0 Å². The van der Waals surface area contributed by atoms with Crippen LogP contribution >= 0.6 is 0 Å². The standard InChI is InChI=1S/C17H23N3O3/c1-21-14-2-3-16-15(8-14)19-17-11-23-10-13(20(16)17)9-18-12-4-6-22-7-5-12/h2-3,8,12-13,18H,4-7,9-11H2,1H3/t13-/m0/s1. The number of methoxy groups -OCH3 is 1. The maximum Gasteiger partial charge on any atom is 0.136 e. The van der Waals surface area contributed by atoms with Crippen LogP contribution in [-0.2, 0) is 16.1 Å². The molecule has 1 aromatic carbocycles. The van der Waals surface area contributed by atoms with E-state index in [1.54, 1.807) is 7.11 Å². The van der Waals surface area contributed by atoms with E-state index in [1.165, 1.54) is 0 Å². The van der Waals surface area contributed by atoms with Gasteiger partial charge in [-0.05, 0) is 25.0 Å². The number of fused-ring (bicyclic) bond motifs is 3. The summed E-state index contributed by atoms with van der Waals surface area (Å²) in [5.74, 6) is 1.84. The topological polar surface area (TPSA) is 57.5 Å². The van der Waals surface area contributed by atoms with Crippen molar-refractivity contribution in [1.82, 2.24) is 14.9 Å². The molecule has 1 fully saturated rings.